The van der Waals surface area contributed by atoms with Crippen LogP contribution >= 0.6 is 0 Å². The maximum atomic E-state index is 11.8. The van der Waals surface area contributed by atoms with Gasteiger partial charge in [0.15, 0.2) is 12.4 Å². The van der Waals surface area contributed by atoms with E-state index in [0.717, 1.165) is 37.3 Å². The number of pyridine rings is 1. The highest BCUT2D eigenvalue weighted by Gasteiger charge is 2.22. The normalized spacial score (nSPS) is 14.4. The summed E-state index contributed by atoms with van der Waals surface area (Å²) in [5, 5.41) is 2.82. The lowest BCUT2D eigenvalue weighted by atomic mass is 9.90. The third kappa shape index (κ3) is 5.60. The maximum absolute atomic E-state index is 11.8. The highest BCUT2D eigenvalue weighted by atomic mass is 16.5. The van der Waals surface area contributed by atoms with E-state index in [4.69, 9.17) is 9.72 Å². The van der Waals surface area contributed by atoms with Crippen LogP contribution in [0, 0.1) is 0 Å². The summed E-state index contributed by atoms with van der Waals surface area (Å²) in [5.41, 5.74) is 2.22. The molecule has 7 heteroatoms. The minimum atomic E-state index is -0.140. The number of amides is 1. The quantitative estimate of drug-likeness (QED) is 0.613. The Labute approximate surface area is 188 Å². The molecule has 1 aliphatic rings. The number of ether oxygens (including phenoxy) is 1. The summed E-state index contributed by atoms with van der Waals surface area (Å²) in [6.07, 6.45) is 7.71. The molecule has 1 saturated heterocycles. The standard InChI is InChI=1S/C25H29N5O2/c1-18(2)28-24(31)17-32-22-5-3-4-21(16-22)25-27-13-8-23(29-25)30-14-9-20(10-15-30)19-6-11-26-12-7-19/h3-8,11-13,16,18,20H,9-10,14-15,17H2,1-2H3,(H,28,31). The maximum Gasteiger partial charge on any atom is 0.258 e. The topological polar surface area (TPSA) is 80.2 Å². The number of hydrogen-bond acceptors (Lipinski definition) is 6. The van der Waals surface area contributed by atoms with Gasteiger partial charge in [-0.25, -0.2) is 9.97 Å². The van der Waals surface area contributed by atoms with Crippen molar-refractivity contribution in [3.8, 4) is 17.1 Å². The Morgan fingerprint density at radius 2 is 1.91 bits per heavy atom. The molecule has 0 spiro atoms. The van der Waals surface area contributed by atoms with Crippen molar-refractivity contribution in [1.82, 2.24) is 20.3 Å². The summed E-state index contributed by atoms with van der Waals surface area (Å²) < 4.78 is 5.65. The van der Waals surface area contributed by atoms with Crippen LogP contribution in [0.3, 0.4) is 0 Å². The van der Waals surface area contributed by atoms with E-state index in [1.165, 1.54) is 5.56 Å². The fourth-order valence-electron chi connectivity index (χ4n) is 3.98. The monoisotopic (exact) mass is 431 g/mol. The SMILES string of the molecule is CC(C)NC(=O)COc1cccc(-c2nccc(N3CCC(c4ccncc4)CC3)n2)c1. The molecule has 0 atom stereocenters. The molecule has 7 nitrogen and oxygen atoms in total. The van der Waals surface area contributed by atoms with Gasteiger partial charge in [0.1, 0.15) is 11.6 Å². The number of benzene rings is 1. The zero-order chi connectivity index (χ0) is 22.3. The molecule has 3 heterocycles. The first-order valence-electron chi connectivity index (χ1n) is 11.1. The van der Waals surface area contributed by atoms with Crippen LogP contribution in [0.15, 0.2) is 61.1 Å². The summed E-state index contributed by atoms with van der Waals surface area (Å²) in [6, 6.07) is 13.8. The van der Waals surface area contributed by atoms with Crippen LogP contribution in [0.25, 0.3) is 11.4 Å². The Hall–Kier alpha value is -3.48. The van der Waals surface area contributed by atoms with Crippen molar-refractivity contribution in [3.05, 3.63) is 66.6 Å². The van der Waals surface area contributed by atoms with E-state index in [1.807, 2.05) is 56.6 Å². The van der Waals surface area contributed by atoms with E-state index >= 15 is 0 Å². The first-order valence-corrected chi connectivity index (χ1v) is 11.1. The zero-order valence-corrected chi connectivity index (χ0v) is 18.6. The van der Waals surface area contributed by atoms with E-state index in [0.29, 0.717) is 17.5 Å². The number of carbonyl (C=O) groups is 1. The van der Waals surface area contributed by atoms with Crippen molar-refractivity contribution in [3.63, 3.8) is 0 Å². The van der Waals surface area contributed by atoms with Crippen molar-refractivity contribution in [1.29, 1.82) is 0 Å². The molecule has 166 valence electrons. The first kappa shape index (κ1) is 21.7. The summed E-state index contributed by atoms with van der Waals surface area (Å²) >= 11 is 0. The van der Waals surface area contributed by atoms with Gasteiger partial charge in [-0.05, 0) is 68.5 Å². The average molecular weight is 432 g/mol. The van der Waals surface area contributed by atoms with E-state index in [2.05, 4.69) is 32.3 Å². The summed E-state index contributed by atoms with van der Waals surface area (Å²) in [6.45, 7) is 5.74. The molecule has 1 amide bonds. The third-order valence-corrected chi connectivity index (χ3v) is 5.55. The smallest absolute Gasteiger partial charge is 0.258 e. The van der Waals surface area contributed by atoms with Gasteiger partial charge >= 0.3 is 0 Å². The van der Waals surface area contributed by atoms with Crippen molar-refractivity contribution in [2.45, 2.75) is 38.6 Å². The van der Waals surface area contributed by atoms with Gasteiger partial charge in [-0.3, -0.25) is 9.78 Å². The molecule has 0 bridgehead atoms. The Morgan fingerprint density at radius 3 is 2.66 bits per heavy atom. The summed E-state index contributed by atoms with van der Waals surface area (Å²) in [5.74, 6) is 2.63. The molecule has 0 unspecified atom stereocenters. The highest BCUT2D eigenvalue weighted by Crippen LogP contribution is 2.30. The number of carbonyl (C=O) groups excluding carboxylic acids is 1. The van der Waals surface area contributed by atoms with Crippen LogP contribution in [0.2, 0.25) is 0 Å². The lowest BCUT2D eigenvalue weighted by Gasteiger charge is -2.33. The van der Waals surface area contributed by atoms with Crippen molar-refractivity contribution < 1.29 is 9.53 Å². The number of piperidine rings is 1. The van der Waals surface area contributed by atoms with Gasteiger partial charge in [-0.15, -0.1) is 0 Å². The van der Waals surface area contributed by atoms with Crippen LogP contribution in [0.5, 0.6) is 5.75 Å². The number of anilines is 1. The highest BCUT2D eigenvalue weighted by molar-refractivity contribution is 5.77. The molecule has 0 saturated carbocycles. The van der Waals surface area contributed by atoms with Crippen LogP contribution in [-0.2, 0) is 4.79 Å². The van der Waals surface area contributed by atoms with Gasteiger partial charge < -0.3 is 15.0 Å². The molecule has 1 N–H and O–H groups in total. The molecular formula is C25H29N5O2. The predicted octanol–water partition coefficient (Wildman–Crippen LogP) is 3.83. The molecule has 0 aliphatic carbocycles. The number of nitrogens with one attached hydrogen (secondary N) is 1. The lowest BCUT2D eigenvalue weighted by molar-refractivity contribution is -0.123. The third-order valence-electron chi connectivity index (χ3n) is 5.55. The zero-order valence-electron chi connectivity index (χ0n) is 18.6. The minimum absolute atomic E-state index is 0.0189. The number of nitrogens with zero attached hydrogens (tertiary/aromatic N) is 4. The molecule has 3 aromatic rings. The van der Waals surface area contributed by atoms with Crippen LogP contribution in [-0.4, -0.2) is 46.6 Å². The summed E-state index contributed by atoms with van der Waals surface area (Å²) in [7, 11) is 0. The van der Waals surface area contributed by atoms with E-state index in [9.17, 15) is 4.79 Å². The van der Waals surface area contributed by atoms with Crippen LogP contribution in [0.1, 0.15) is 38.2 Å². The van der Waals surface area contributed by atoms with Gasteiger partial charge in [0, 0.05) is 43.3 Å². The predicted molar refractivity (Wildman–Crippen MR) is 125 cm³/mol. The summed E-state index contributed by atoms with van der Waals surface area (Å²) in [4.78, 5) is 27.6. The van der Waals surface area contributed by atoms with Gasteiger partial charge in [0.2, 0.25) is 0 Å². The van der Waals surface area contributed by atoms with Gasteiger partial charge in [0.25, 0.3) is 5.91 Å². The fraction of sp³-hybridized carbons (Fsp3) is 0.360. The lowest BCUT2D eigenvalue weighted by Crippen LogP contribution is -2.34. The second kappa shape index (κ2) is 10.2. The minimum Gasteiger partial charge on any atom is -0.484 e. The first-order chi connectivity index (χ1) is 15.6. The van der Waals surface area contributed by atoms with Gasteiger partial charge in [0.05, 0.1) is 0 Å². The largest absolute Gasteiger partial charge is 0.484 e. The van der Waals surface area contributed by atoms with E-state index in [-0.39, 0.29) is 18.6 Å². The van der Waals surface area contributed by atoms with Gasteiger partial charge in [-0.2, -0.15) is 0 Å². The molecule has 1 aliphatic heterocycles. The van der Waals surface area contributed by atoms with Crippen LogP contribution < -0.4 is 15.0 Å². The molecule has 0 radical (unpaired) electrons. The van der Waals surface area contributed by atoms with Gasteiger partial charge in [-0.1, -0.05) is 12.1 Å². The number of rotatable bonds is 7. The average Bonchev–Trinajstić information content (AvgIpc) is 2.83. The van der Waals surface area contributed by atoms with Crippen molar-refractivity contribution in [2.75, 3.05) is 24.6 Å². The number of hydrogen-bond donors (Lipinski definition) is 1. The molecule has 1 fully saturated rings. The molecular weight excluding hydrogens is 402 g/mol. The van der Waals surface area contributed by atoms with Crippen molar-refractivity contribution >= 4 is 11.7 Å². The Bertz CT molecular complexity index is 1030. The Kier molecular flexibility index (Phi) is 6.94. The van der Waals surface area contributed by atoms with E-state index < -0.39 is 0 Å². The fourth-order valence-corrected chi connectivity index (χ4v) is 3.98. The molecule has 32 heavy (non-hydrogen) atoms. The second-order valence-electron chi connectivity index (χ2n) is 8.32. The molecule has 2 aromatic heterocycles. The second-order valence-corrected chi connectivity index (χ2v) is 8.32. The molecule has 4 rings (SSSR count). The van der Waals surface area contributed by atoms with Crippen LogP contribution in [0.4, 0.5) is 5.82 Å². The molecule has 1 aromatic carbocycles. The Balaban J connectivity index is 1.40. The van der Waals surface area contributed by atoms with E-state index in [1.54, 1.807) is 6.20 Å². The Morgan fingerprint density at radius 1 is 1.12 bits per heavy atom. The van der Waals surface area contributed by atoms with Crippen molar-refractivity contribution in [2.24, 2.45) is 0 Å². The number of aromatic nitrogens is 3.